The van der Waals surface area contributed by atoms with Crippen LogP contribution in [0.2, 0.25) is 0 Å². The Morgan fingerprint density at radius 3 is 2.23 bits per heavy atom. The van der Waals surface area contributed by atoms with Gasteiger partial charge in [-0.3, -0.25) is 0 Å². The van der Waals surface area contributed by atoms with Gasteiger partial charge in [0.1, 0.15) is 6.10 Å². The lowest BCUT2D eigenvalue weighted by Gasteiger charge is -2.31. The monoisotopic (exact) mass is 188 g/mol. The minimum atomic E-state index is -0.442. The van der Waals surface area contributed by atoms with Gasteiger partial charge in [-0.25, -0.2) is 0 Å². The Morgan fingerprint density at radius 1 is 1.23 bits per heavy atom. The number of hydrogen-bond donors (Lipinski definition) is 1. The fourth-order valence-corrected chi connectivity index (χ4v) is 1.69. The van der Waals surface area contributed by atoms with Crippen LogP contribution < -0.4 is 0 Å². The molecule has 0 amide bonds. The van der Waals surface area contributed by atoms with Gasteiger partial charge in [0.25, 0.3) is 0 Å². The first kappa shape index (κ1) is 11.0. The largest absolute Gasteiger partial charge is 0.388 e. The molecule has 0 aromatic rings. The van der Waals surface area contributed by atoms with Gasteiger partial charge < -0.3 is 14.6 Å². The molecule has 78 valence electrons. The summed E-state index contributed by atoms with van der Waals surface area (Å²) in [6, 6.07) is 0. The molecular formula is C10H20O3. The van der Waals surface area contributed by atoms with Crippen molar-refractivity contribution in [2.75, 3.05) is 13.2 Å². The molecule has 3 heteroatoms. The van der Waals surface area contributed by atoms with Crippen LogP contribution in [0.5, 0.6) is 0 Å². The molecule has 0 aromatic carbocycles. The first-order valence-corrected chi connectivity index (χ1v) is 5.01. The van der Waals surface area contributed by atoms with Crippen molar-refractivity contribution in [3.05, 3.63) is 0 Å². The fraction of sp³-hybridized carbons (Fsp3) is 1.00. The molecule has 0 aliphatic carbocycles. The van der Waals surface area contributed by atoms with Crippen LogP contribution in [0.1, 0.15) is 27.2 Å². The van der Waals surface area contributed by atoms with Crippen molar-refractivity contribution in [2.45, 2.75) is 39.6 Å². The van der Waals surface area contributed by atoms with Gasteiger partial charge in [0.2, 0.25) is 0 Å². The molecule has 13 heavy (non-hydrogen) atoms. The third kappa shape index (κ3) is 3.63. The lowest BCUT2D eigenvalue weighted by Crippen LogP contribution is -2.39. The summed E-state index contributed by atoms with van der Waals surface area (Å²) < 4.78 is 10.8. The highest BCUT2D eigenvalue weighted by molar-refractivity contribution is 4.66. The van der Waals surface area contributed by atoms with E-state index < -0.39 is 6.10 Å². The van der Waals surface area contributed by atoms with Gasteiger partial charge in [-0.05, 0) is 12.3 Å². The van der Waals surface area contributed by atoms with Crippen molar-refractivity contribution in [3.8, 4) is 0 Å². The van der Waals surface area contributed by atoms with Crippen LogP contribution in [0.15, 0.2) is 0 Å². The standard InChI is InChI=1S/C10H20O3/c1-7(2)4-8(3)10-12-5-9(11)6-13-10/h7-11H,4-6H2,1-3H3. The molecule has 0 aromatic heterocycles. The molecule has 3 nitrogen and oxygen atoms in total. The van der Waals surface area contributed by atoms with E-state index in [9.17, 15) is 0 Å². The molecular weight excluding hydrogens is 168 g/mol. The first-order chi connectivity index (χ1) is 6.09. The van der Waals surface area contributed by atoms with Gasteiger partial charge in [0, 0.05) is 5.92 Å². The second kappa shape index (κ2) is 4.94. The lowest BCUT2D eigenvalue weighted by molar-refractivity contribution is -0.236. The predicted octanol–water partition coefficient (Wildman–Crippen LogP) is 1.40. The summed E-state index contributed by atoms with van der Waals surface area (Å²) >= 11 is 0. The third-order valence-corrected chi connectivity index (χ3v) is 2.21. The molecule has 1 fully saturated rings. The number of ether oxygens (including phenoxy) is 2. The Kier molecular flexibility index (Phi) is 4.16. The maximum Gasteiger partial charge on any atom is 0.160 e. The van der Waals surface area contributed by atoms with E-state index in [1.807, 2.05) is 0 Å². The molecule has 0 saturated carbocycles. The molecule has 1 aliphatic rings. The van der Waals surface area contributed by atoms with E-state index in [0.717, 1.165) is 6.42 Å². The van der Waals surface area contributed by atoms with E-state index >= 15 is 0 Å². The van der Waals surface area contributed by atoms with Gasteiger partial charge in [-0.15, -0.1) is 0 Å². The van der Waals surface area contributed by atoms with E-state index in [2.05, 4.69) is 20.8 Å². The molecule has 1 aliphatic heterocycles. The molecule has 0 spiro atoms. The van der Waals surface area contributed by atoms with E-state index in [-0.39, 0.29) is 6.29 Å². The number of aliphatic hydroxyl groups is 1. The molecule has 1 saturated heterocycles. The van der Waals surface area contributed by atoms with Crippen molar-refractivity contribution in [2.24, 2.45) is 11.8 Å². The predicted molar refractivity (Wildman–Crippen MR) is 50.3 cm³/mol. The normalized spacial score (nSPS) is 32.1. The first-order valence-electron chi connectivity index (χ1n) is 5.01. The molecule has 1 rings (SSSR count). The van der Waals surface area contributed by atoms with Crippen LogP contribution in [-0.2, 0) is 9.47 Å². The SMILES string of the molecule is CC(C)CC(C)C1OCC(O)CO1. The lowest BCUT2D eigenvalue weighted by atomic mass is 9.98. The summed E-state index contributed by atoms with van der Waals surface area (Å²) in [5.74, 6) is 1.07. The van der Waals surface area contributed by atoms with Crippen molar-refractivity contribution in [3.63, 3.8) is 0 Å². The summed E-state index contributed by atoms with van der Waals surface area (Å²) in [5.41, 5.74) is 0. The smallest absolute Gasteiger partial charge is 0.160 e. The van der Waals surface area contributed by atoms with E-state index in [4.69, 9.17) is 14.6 Å². The zero-order valence-electron chi connectivity index (χ0n) is 8.69. The fourth-order valence-electron chi connectivity index (χ4n) is 1.69. The van der Waals surface area contributed by atoms with Crippen LogP contribution in [0.25, 0.3) is 0 Å². The average Bonchev–Trinajstić information content (AvgIpc) is 2.04. The zero-order valence-corrected chi connectivity index (χ0v) is 8.69. The summed E-state index contributed by atoms with van der Waals surface area (Å²) in [4.78, 5) is 0. The Balaban J connectivity index is 2.27. The van der Waals surface area contributed by atoms with Crippen molar-refractivity contribution < 1.29 is 14.6 Å². The Labute approximate surface area is 80.0 Å². The summed E-state index contributed by atoms with van der Waals surface area (Å²) in [5, 5.41) is 9.14. The average molecular weight is 188 g/mol. The van der Waals surface area contributed by atoms with Gasteiger partial charge in [0.05, 0.1) is 13.2 Å². The molecule has 1 unspecified atom stereocenters. The van der Waals surface area contributed by atoms with Crippen LogP contribution in [-0.4, -0.2) is 30.7 Å². The van der Waals surface area contributed by atoms with Crippen molar-refractivity contribution >= 4 is 0 Å². The minimum absolute atomic E-state index is 0.120. The molecule has 0 radical (unpaired) electrons. The molecule has 0 bridgehead atoms. The van der Waals surface area contributed by atoms with E-state index in [0.29, 0.717) is 25.0 Å². The van der Waals surface area contributed by atoms with Crippen LogP contribution >= 0.6 is 0 Å². The molecule has 1 atom stereocenters. The number of rotatable bonds is 3. The molecule has 1 N–H and O–H groups in total. The van der Waals surface area contributed by atoms with Gasteiger partial charge >= 0.3 is 0 Å². The van der Waals surface area contributed by atoms with Crippen LogP contribution in [0.4, 0.5) is 0 Å². The summed E-state index contributed by atoms with van der Waals surface area (Å²) in [6.45, 7) is 7.32. The van der Waals surface area contributed by atoms with Crippen LogP contribution in [0.3, 0.4) is 0 Å². The Bertz CT molecular complexity index is 139. The number of hydrogen-bond acceptors (Lipinski definition) is 3. The third-order valence-electron chi connectivity index (χ3n) is 2.21. The highest BCUT2D eigenvalue weighted by Gasteiger charge is 2.25. The second-order valence-electron chi connectivity index (χ2n) is 4.30. The topological polar surface area (TPSA) is 38.7 Å². The van der Waals surface area contributed by atoms with Crippen molar-refractivity contribution in [1.29, 1.82) is 0 Å². The highest BCUT2D eigenvalue weighted by Crippen LogP contribution is 2.20. The number of aliphatic hydroxyl groups excluding tert-OH is 1. The Hall–Kier alpha value is -0.120. The zero-order chi connectivity index (χ0) is 9.84. The van der Waals surface area contributed by atoms with E-state index in [1.54, 1.807) is 0 Å². The Morgan fingerprint density at radius 2 is 1.77 bits per heavy atom. The summed E-state index contributed by atoms with van der Waals surface area (Å²) in [7, 11) is 0. The second-order valence-corrected chi connectivity index (χ2v) is 4.30. The molecule has 1 heterocycles. The van der Waals surface area contributed by atoms with E-state index in [1.165, 1.54) is 0 Å². The highest BCUT2D eigenvalue weighted by atomic mass is 16.7. The summed E-state index contributed by atoms with van der Waals surface area (Å²) in [6.07, 6.45) is 0.536. The van der Waals surface area contributed by atoms with Gasteiger partial charge in [-0.2, -0.15) is 0 Å². The van der Waals surface area contributed by atoms with Crippen molar-refractivity contribution in [1.82, 2.24) is 0 Å². The quantitative estimate of drug-likeness (QED) is 0.727. The minimum Gasteiger partial charge on any atom is -0.388 e. The van der Waals surface area contributed by atoms with Gasteiger partial charge in [-0.1, -0.05) is 20.8 Å². The van der Waals surface area contributed by atoms with Gasteiger partial charge in [0.15, 0.2) is 6.29 Å². The maximum atomic E-state index is 9.14. The van der Waals surface area contributed by atoms with Crippen LogP contribution in [0, 0.1) is 11.8 Å². The maximum absolute atomic E-state index is 9.14.